The molecule has 0 radical (unpaired) electrons. The summed E-state index contributed by atoms with van der Waals surface area (Å²) in [5.41, 5.74) is -0.183. The van der Waals surface area contributed by atoms with Gasteiger partial charge < -0.3 is 15.4 Å². The van der Waals surface area contributed by atoms with Gasteiger partial charge in [-0.05, 0) is 19.3 Å². The summed E-state index contributed by atoms with van der Waals surface area (Å²) in [4.78, 5) is 29.2. The van der Waals surface area contributed by atoms with E-state index in [1.54, 1.807) is 0 Å². The fourth-order valence-corrected chi connectivity index (χ4v) is 2.30. The van der Waals surface area contributed by atoms with Crippen LogP contribution in [0, 0.1) is 5.92 Å². The number of carboxylic acids is 1. The second-order valence-corrected chi connectivity index (χ2v) is 4.62. The molecule has 1 aliphatic rings. The maximum absolute atomic E-state index is 11.4. The summed E-state index contributed by atoms with van der Waals surface area (Å²) in [5, 5.41) is 12.1. The molecule has 98 valence electrons. The second kappa shape index (κ2) is 5.20. The van der Waals surface area contributed by atoms with Crippen LogP contribution in [0.4, 0.5) is 5.82 Å². The van der Waals surface area contributed by atoms with Crippen LogP contribution in [0.15, 0.2) is 10.9 Å². The van der Waals surface area contributed by atoms with E-state index >= 15 is 0 Å². The minimum Gasteiger partial charge on any atom is -0.481 e. The topological polar surface area (TPSA) is 95.1 Å². The van der Waals surface area contributed by atoms with E-state index in [9.17, 15) is 9.59 Å². The van der Waals surface area contributed by atoms with E-state index in [1.807, 2.05) is 6.92 Å². The quantitative estimate of drug-likeness (QED) is 0.742. The Bertz CT molecular complexity index is 498. The van der Waals surface area contributed by atoms with E-state index in [2.05, 4.69) is 15.3 Å². The first kappa shape index (κ1) is 12.6. The van der Waals surface area contributed by atoms with Crippen molar-refractivity contribution in [2.45, 2.75) is 38.6 Å². The van der Waals surface area contributed by atoms with Crippen molar-refractivity contribution >= 4 is 11.8 Å². The molecule has 6 nitrogen and oxygen atoms in total. The number of aromatic nitrogens is 2. The van der Waals surface area contributed by atoms with Crippen LogP contribution in [0.5, 0.6) is 0 Å². The van der Waals surface area contributed by atoms with Gasteiger partial charge in [0.1, 0.15) is 11.6 Å². The van der Waals surface area contributed by atoms with Gasteiger partial charge >= 0.3 is 5.97 Å². The Kier molecular flexibility index (Phi) is 3.64. The molecule has 18 heavy (non-hydrogen) atoms. The van der Waals surface area contributed by atoms with Gasteiger partial charge in [-0.1, -0.05) is 6.92 Å². The summed E-state index contributed by atoms with van der Waals surface area (Å²) in [6, 6.07) is 1.50. The number of aliphatic carboxylic acids is 1. The van der Waals surface area contributed by atoms with E-state index in [0.717, 1.165) is 6.42 Å². The number of nitrogens with one attached hydrogen (secondary N) is 2. The maximum Gasteiger partial charge on any atom is 0.306 e. The first-order chi connectivity index (χ1) is 8.58. The third kappa shape index (κ3) is 2.88. The molecule has 3 N–H and O–H groups in total. The summed E-state index contributed by atoms with van der Waals surface area (Å²) >= 11 is 0. The molecule has 0 amide bonds. The third-order valence-corrected chi connectivity index (χ3v) is 3.26. The Morgan fingerprint density at radius 3 is 3.00 bits per heavy atom. The number of nitrogens with zero attached hydrogens (tertiary/aromatic N) is 1. The van der Waals surface area contributed by atoms with Crippen molar-refractivity contribution in [1.82, 2.24) is 9.97 Å². The zero-order chi connectivity index (χ0) is 13.1. The lowest BCUT2D eigenvalue weighted by Gasteiger charge is -2.13. The van der Waals surface area contributed by atoms with E-state index in [4.69, 9.17) is 5.11 Å². The fourth-order valence-electron chi connectivity index (χ4n) is 2.30. The highest BCUT2D eigenvalue weighted by molar-refractivity contribution is 5.70. The zero-order valence-corrected chi connectivity index (χ0v) is 10.3. The van der Waals surface area contributed by atoms with Crippen LogP contribution in [-0.4, -0.2) is 27.1 Å². The summed E-state index contributed by atoms with van der Waals surface area (Å²) < 4.78 is 0. The number of hydrogen-bond acceptors (Lipinski definition) is 4. The molecule has 0 aromatic carbocycles. The molecule has 0 saturated heterocycles. The van der Waals surface area contributed by atoms with E-state index in [1.165, 1.54) is 6.07 Å². The number of anilines is 1. The molecule has 6 heteroatoms. The van der Waals surface area contributed by atoms with Gasteiger partial charge in [0.15, 0.2) is 0 Å². The van der Waals surface area contributed by atoms with Gasteiger partial charge in [0.2, 0.25) is 0 Å². The molecule has 0 unspecified atom stereocenters. The SMILES string of the molecule is CCc1nc(N[C@H]2CC[C@@H](C(=O)O)C2)cc(=O)[nH]1. The van der Waals surface area contributed by atoms with Gasteiger partial charge in [-0.2, -0.15) is 0 Å². The Balaban J connectivity index is 2.04. The average Bonchev–Trinajstić information content (AvgIpc) is 2.76. The Morgan fingerprint density at radius 2 is 2.39 bits per heavy atom. The maximum atomic E-state index is 11.4. The molecule has 0 spiro atoms. The smallest absolute Gasteiger partial charge is 0.306 e. The van der Waals surface area contributed by atoms with Gasteiger partial charge in [0.05, 0.1) is 5.92 Å². The van der Waals surface area contributed by atoms with Crippen LogP contribution in [0.3, 0.4) is 0 Å². The number of aromatic amines is 1. The van der Waals surface area contributed by atoms with Crippen LogP contribution in [0.1, 0.15) is 32.0 Å². The summed E-state index contributed by atoms with van der Waals surface area (Å²) in [5.74, 6) is 0.145. The highest BCUT2D eigenvalue weighted by atomic mass is 16.4. The second-order valence-electron chi connectivity index (χ2n) is 4.62. The van der Waals surface area contributed by atoms with Crippen LogP contribution < -0.4 is 10.9 Å². The van der Waals surface area contributed by atoms with Gasteiger partial charge in [0, 0.05) is 18.5 Å². The number of aryl methyl sites for hydroxylation is 1. The van der Waals surface area contributed by atoms with Gasteiger partial charge in [-0.15, -0.1) is 0 Å². The molecule has 1 heterocycles. The van der Waals surface area contributed by atoms with Crippen LogP contribution in [0.25, 0.3) is 0 Å². The number of carbonyl (C=O) groups is 1. The van der Waals surface area contributed by atoms with Gasteiger partial charge in [-0.25, -0.2) is 4.98 Å². The van der Waals surface area contributed by atoms with Crippen molar-refractivity contribution in [3.05, 3.63) is 22.2 Å². The predicted octanol–water partition coefficient (Wildman–Crippen LogP) is 0.997. The number of rotatable bonds is 4. The average molecular weight is 251 g/mol. The van der Waals surface area contributed by atoms with Crippen molar-refractivity contribution in [3.63, 3.8) is 0 Å². The van der Waals surface area contributed by atoms with E-state index in [-0.39, 0.29) is 17.5 Å². The van der Waals surface area contributed by atoms with Crippen molar-refractivity contribution in [1.29, 1.82) is 0 Å². The van der Waals surface area contributed by atoms with Crippen molar-refractivity contribution in [3.8, 4) is 0 Å². The summed E-state index contributed by atoms with van der Waals surface area (Å²) in [6.45, 7) is 1.91. The van der Waals surface area contributed by atoms with Crippen molar-refractivity contribution in [2.24, 2.45) is 5.92 Å². The lowest BCUT2D eigenvalue weighted by molar-refractivity contribution is -0.141. The number of H-pyrrole nitrogens is 1. The molecule has 0 bridgehead atoms. The molecule has 1 fully saturated rings. The molecule has 2 atom stereocenters. The Morgan fingerprint density at radius 1 is 1.61 bits per heavy atom. The zero-order valence-electron chi connectivity index (χ0n) is 10.3. The molecule has 1 saturated carbocycles. The molecular formula is C12H17N3O3. The predicted molar refractivity (Wildman–Crippen MR) is 66.6 cm³/mol. The normalized spacial score (nSPS) is 22.9. The van der Waals surface area contributed by atoms with E-state index in [0.29, 0.717) is 30.9 Å². The largest absolute Gasteiger partial charge is 0.481 e. The van der Waals surface area contributed by atoms with Crippen molar-refractivity contribution in [2.75, 3.05) is 5.32 Å². The molecule has 1 aliphatic carbocycles. The van der Waals surface area contributed by atoms with Crippen LogP contribution >= 0.6 is 0 Å². The molecule has 0 aliphatic heterocycles. The van der Waals surface area contributed by atoms with Crippen LogP contribution in [0.2, 0.25) is 0 Å². The molecule has 1 aromatic heterocycles. The Labute approximate surface area is 104 Å². The first-order valence-corrected chi connectivity index (χ1v) is 6.18. The fraction of sp³-hybridized carbons (Fsp3) is 0.583. The van der Waals surface area contributed by atoms with Crippen molar-refractivity contribution < 1.29 is 9.90 Å². The van der Waals surface area contributed by atoms with Crippen LogP contribution in [-0.2, 0) is 11.2 Å². The molecule has 2 rings (SSSR count). The van der Waals surface area contributed by atoms with E-state index < -0.39 is 5.97 Å². The number of carboxylic acid groups (broad SMARTS) is 1. The van der Waals surface area contributed by atoms with Gasteiger partial charge in [0.25, 0.3) is 5.56 Å². The highest BCUT2D eigenvalue weighted by Crippen LogP contribution is 2.27. The first-order valence-electron chi connectivity index (χ1n) is 6.18. The third-order valence-electron chi connectivity index (χ3n) is 3.26. The standard InChI is InChI=1S/C12H17N3O3/c1-2-9-14-10(6-11(16)15-9)13-8-4-3-7(5-8)12(17)18/h6-8H,2-5H2,1H3,(H,17,18)(H2,13,14,15,16)/t7-,8+/m1/s1. The Hall–Kier alpha value is -1.85. The monoisotopic (exact) mass is 251 g/mol. The minimum atomic E-state index is -0.743. The summed E-state index contributed by atoms with van der Waals surface area (Å²) in [7, 11) is 0. The number of hydrogen-bond donors (Lipinski definition) is 3. The minimum absolute atomic E-state index is 0.0881. The molecular weight excluding hydrogens is 234 g/mol. The molecule has 1 aromatic rings. The lowest BCUT2D eigenvalue weighted by atomic mass is 10.1. The summed E-state index contributed by atoms with van der Waals surface area (Å²) in [6.07, 6.45) is 2.72. The lowest BCUT2D eigenvalue weighted by Crippen LogP contribution is -2.21. The van der Waals surface area contributed by atoms with Gasteiger partial charge in [-0.3, -0.25) is 9.59 Å². The highest BCUT2D eigenvalue weighted by Gasteiger charge is 2.29.